The van der Waals surface area contributed by atoms with Gasteiger partial charge in [0.15, 0.2) is 0 Å². The number of rotatable bonds is 4. The van der Waals surface area contributed by atoms with Crippen LogP contribution in [0.3, 0.4) is 0 Å². The number of hydrogen-bond acceptors (Lipinski definition) is 4. The van der Waals surface area contributed by atoms with Crippen LogP contribution in [-0.2, 0) is 0 Å². The predicted octanol–water partition coefficient (Wildman–Crippen LogP) is 2.56. The first-order valence-corrected chi connectivity index (χ1v) is 7.18. The Morgan fingerprint density at radius 1 is 1.17 bits per heavy atom. The molecule has 0 N–H and O–H groups in total. The number of methoxy groups -OCH3 is 1. The van der Waals surface area contributed by atoms with Crippen LogP contribution in [0.4, 0.5) is 0 Å². The Hall–Kier alpha value is -2.79. The summed E-state index contributed by atoms with van der Waals surface area (Å²) in [7, 11) is 1.56. The van der Waals surface area contributed by atoms with Crippen LogP contribution in [0, 0.1) is 0 Å². The second kappa shape index (κ2) is 6.14. The number of ether oxygens (including phenoxy) is 1. The number of nitrogens with zero attached hydrogens (tertiary/aromatic N) is 2. The van der Waals surface area contributed by atoms with Crippen LogP contribution in [0.15, 0.2) is 54.6 Å². The quantitative estimate of drug-likeness (QED) is 0.738. The average molecular weight is 328 g/mol. The van der Waals surface area contributed by atoms with Crippen molar-refractivity contribution in [1.82, 2.24) is 9.78 Å². The zero-order valence-electron chi connectivity index (χ0n) is 12.2. The van der Waals surface area contributed by atoms with E-state index < -0.39 is 5.97 Å². The van der Waals surface area contributed by atoms with E-state index in [0.717, 1.165) is 0 Å². The molecule has 0 saturated heterocycles. The number of carboxylic acid groups (broad SMARTS) is 1. The number of carboxylic acids is 1. The largest absolute Gasteiger partial charge is 0.543 e. The topological polar surface area (TPSA) is 67.2 Å². The van der Waals surface area contributed by atoms with Crippen LogP contribution in [0.2, 0.25) is 5.02 Å². The first-order valence-electron chi connectivity index (χ1n) is 6.81. The molecule has 0 amide bonds. The number of benzene rings is 2. The minimum absolute atomic E-state index is 0.0508. The molecule has 6 heteroatoms. The highest BCUT2D eigenvalue weighted by atomic mass is 35.5. The van der Waals surface area contributed by atoms with Crippen molar-refractivity contribution in [1.29, 1.82) is 0 Å². The number of hydrogen-bond donors (Lipinski definition) is 0. The Kier molecular flexibility index (Phi) is 4.04. The molecule has 0 spiro atoms. The van der Waals surface area contributed by atoms with Crippen LogP contribution in [0.1, 0.15) is 10.5 Å². The number of carbonyl (C=O) groups is 1. The maximum Gasteiger partial charge on any atom is 0.119 e. The first kappa shape index (κ1) is 15.1. The van der Waals surface area contributed by atoms with E-state index in [-0.39, 0.29) is 5.69 Å². The van der Waals surface area contributed by atoms with E-state index in [0.29, 0.717) is 27.7 Å². The van der Waals surface area contributed by atoms with E-state index in [2.05, 4.69) is 5.10 Å². The van der Waals surface area contributed by atoms with Gasteiger partial charge in [-0.25, -0.2) is 4.68 Å². The fraction of sp³-hybridized carbons (Fsp3) is 0.0588. The van der Waals surface area contributed by atoms with Gasteiger partial charge in [0.05, 0.1) is 35.2 Å². The van der Waals surface area contributed by atoms with Gasteiger partial charge in [0, 0.05) is 5.56 Å². The second-order valence-electron chi connectivity index (χ2n) is 4.79. The molecule has 0 aliphatic carbocycles. The van der Waals surface area contributed by atoms with Crippen LogP contribution in [0.25, 0.3) is 16.9 Å². The standard InChI is InChI=1S/C17H13ClN2O3/c1-23-12-8-6-11(7-9-12)20-16(17(21)22)10-15(19-20)13-4-2-3-5-14(13)18/h2-10H,1H3,(H,21,22)/p-1. The highest BCUT2D eigenvalue weighted by Gasteiger charge is 2.14. The summed E-state index contributed by atoms with van der Waals surface area (Å²) in [6, 6.07) is 15.4. The van der Waals surface area contributed by atoms with Crippen molar-refractivity contribution in [2.75, 3.05) is 7.11 Å². The second-order valence-corrected chi connectivity index (χ2v) is 5.20. The summed E-state index contributed by atoms with van der Waals surface area (Å²) in [5, 5.41) is 16.3. The van der Waals surface area contributed by atoms with Gasteiger partial charge in [0.2, 0.25) is 0 Å². The lowest BCUT2D eigenvalue weighted by atomic mass is 10.1. The monoisotopic (exact) mass is 327 g/mol. The van der Waals surface area contributed by atoms with Gasteiger partial charge in [0.1, 0.15) is 5.75 Å². The molecule has 0 aliphatic rings. The normalized spacial score (nSPS) is 10.5. The number of aromatic carboxylic acids is 1. The Morgan fingerprint density at radius 2 is 1.87 bits per heavy atom. The molecule has 1 aromatic heterocycles. The number of halogens is 1. The van der Waals surface area contributed by atoms with Gasteiger partial charge in [-0.3, -0.25) is 0 Å². The zero-order chi connectivity index (χ0) is 16.4. The van der Waals surface area contributed by atoms with Crippen molar-refractivity contribution in [3.8, 4) is 22.7 Å². The molecule has 0 radical (unpaired) electrons. The summed E-state index contributed by atoms with van der Waals surface area (Å²) >= 11 is 6.16. The van der Waals surface area contributed by atoms with Crippen molar-refractivity contribution in [3.05, 3.63) is 65.3 Å². The average Bonchev–Trinajstić information content (AvgIpc) is 3.01. The molecular formula is C17H12ClN2O3-. The predicted molar refractivity (Wildman–Crippen MR) is 84.9 cm³/mol. The maximum absolute atomic E-state index is 11.4. The molecule has 2 aromatic carbocycles. The van der Waals surface area contributed by atoms with E-state index in [9.17, 15) is 9.90 Å². The van der Waals surface area contributed by atoms with E-state index in [1.807, 2.05) is 6.07 Å². The molecule has 5 nitrogen and oxygen atoms in total. The molecule has 116 valence electrons. The molecule has 23 heavy (non-hydrogen) atoms. The lowest BCUT2D eigenvalue weighted by Crippen LogP contribution is -2.25. The highest BCUT2D eigenvalue weighted by molar-refractivity contribution is 6.33. The van der Waals surface area contributed by atoms with E-state index in [1.165, 1.54) is 10.7 Å². The van der Waals surface area contributed by atoms with Crippen molar-refractivity contribution in [2.24, 2.45) is 0 Å². The fourth-order valence-corrected chi connectivity index (χ4v) is 2.48. The van der Waals surface area contributed by atoms with E-state index in [4.69, 9.17) is 16.3 Å². The SMILES string of the molecule is COc1ccc(-n2nc(-c3ccccc3Cl)cc2C(=O)[O-])cc1. The third-order valence-electron chi connectivity index (χ3n) is 3.39. The van der Waals surface area contributed by atoms with Crippen molar-refractivity contribution in [3.63, 3.8) is 0 Å². The van der Waals surface area contributed by atoms with Gasteiger partial charge in [-0.15, -0.1) is 0 Å². The van der Waals surface area contributed by atoms with Gasteiger partial charge in [-0.2, -0.15) is 5.10 Å². The van der Waals surface area contributed by atoms with Gasteiger partial charge in [0.25, 0.3) is 0 Å². The molecular weight excluding hydrogens is 316 g/mol. The lowest BCUT2D eigenvalue weighted by molar-refractivity contribution is -0.255. The number of aromatic nitrogens is 2. The smallest absolute Gasteiger partial charge is 0.119 e. The van der Waals surface area contributed by atoms with Crippen LogP contribution < -0.4 is 9.84 Å². The Labute approximate surface area is 137 Å². The molecule has 3 rings (SSSR count). The number of carbonyl (C=O) groups excluding carboxylic acids is 1. The van der Waals surface area contributed by atoms with E-state index in [1.54, 1.807) is 49.6 Å². The first-order chi connectivity index (χ1) is 11.1. The highest BCUT2D eigenvalue weighted by Crippen LogP contribution is 2.28. The van der Waals surface area contributed by atoms with Gasteiger partial charge < -0.3 is 14.6 Å². The summed E-state index contributed by atoms with van der Waals surface area (Å²) in [5.74, 6) is -0.645. The molecule has 0 aliphatic heterocycles. The Balaban J connectivity index is 2.13. The van der Waals surface area contributed by atoms with Crippen molar-refractivity contribution >= 4 is 17.6 Å². The van der Waals surface area contributed by atoms with E-state index >= 15 is 0 Å². The fourth-order valence-electron chi connectivity index (χ4n) is 2.25. The van der Waals surface area contributed by atoms with Gasteiger partial charge in [-0.05, 0) is 36.4 Å². The summed E-state index contributed by atoms with van der Waals surface area (Å²) < 4.78 is 6.41. The van der Waals surface area contributed by atoms with Gasteiger partial charge >= 0.3 is 0 Å². The minimum Gasteiger partial charge on any atom is -0.543 e. The maximum atomic E-state index is 11.4. The molecule has 0 fully saturated rings. The van der Waals surface area contributed by atoms with Crippen molar-refractivity contribution in [2.45, 2.75) is 0 Å². The minimum atomic E-state index is -1.31. The third kappa shape index (κ3) is 2.91. The Morgan fingerprint density at radius 3 is 2.48 bits per heavy atom. The molecule has 3 aromatic rings. The molecule has 0 bridgehead atoms. The van der Waals surface area contributed by atoms with Gasteiger partial charge in [-0.1, -0.05) is 29.8 Å². The molecule has 1 heterocycles. The van der Waals surface area contributed by atoms with Crippen LogP contribution >= 0.6 is 11.6 Å². The summed E-state index contributed by atoms with van der Waals surface area (Å²) in [4.78, 5) is 11.4. The molecule has 0 atom stereocenters. The zero-order valence-corrected chi connectivity index (χ0v) is 12.9. The lowest BCUT2D eigenvalue weighted by Gasteiger charge is -2.08. The summed E-state index contributed by atoms with van der Waals surface area (Å²) in [6.45, 7) is 0. The van der Waals surface area contributed by atoms with Crippen LogP contribution in [-0.4, -0.2) is 22.9 Å². The Bertz CT molecular complexity index is 857. The van der Waals surface area contributed by atoms with Crippen LogP contribution in [0.5, 0.6) is 5.75 Å². The molecule has 0 saturated carbocycles. The third-order valence-corrected chi connectivity index (χ3v) is 3.71. The van der Waals surface area contributed by atoms with Crippen molar-refractivity contribution < 1.29 is 14.6 Å². The summed E-state index contributed by atoms with van der Waals surface area (Å²) in [5.41, 5.74) is 1.66. The molecule has 0 unspecified atom stereocenters. The summed E-state index contributed by atoms with van der Waals surface area (Å²) in [6.07, 6.45) is 0.